The molecule has 0 saturated heterocycles. The van der Waals surface area contributed by atoms with Gasteiger partial charge in [0.15, 0.2) is 5.96 Å². The highest BCUT2D eigenvalue weighted by Gasteiger charge is 2.30. The monoisotopic (exact) mass is 678 g/mol. The van der Waals surface area contributed by atoms with Gasteiger partial charge in [-0.15, -0.1) is 0 Å². The van der Waals surface area contributed by atoms with Gasteiger partial charge in [0.05, 0.1) is 6.42 Å². The lowest BCUT2D eigenvalue weighted by Gasteiger charge is -2.29. The fourth-order valence-electron chi connectivity index (χ4n) is 5.17. The van der Waals surface area contributed by atoms with Crippen molar-refractivity contribution in [2.24, 2.45) is 17.6 Å². The fraction of sp³-hybridized carbons (Fsp3) is 0.500. The van der Waals surface area contributed by atoms with Gasteiger partial charge in [0, 0.05) is 32.5 Å². The van der Waals surface area contributed by atoms with E-state index in [1.165, 1.54) is 6.92 Å². The lowest BCUT2D eigenvalue weighted by molar-refractivity contribution is -0.132. The minimum absolute atomic E-state index is 0.0514. The molecule has 0 saturated carbocycles. The Bertz CT molecular complexity index is 1370. The first kappa shape index (κ1) is 40.2. The number of carbonyl (C=O) groups is 5. The lowest BCUT2D eigenvalue weighted by Crippen LogP contribution is -2.58. The summed E-state index contributed by atoms with van der Waals surface area (Å²) in [4.78, 5) is 65.3. The average molecular weight is 679 g/mol. The van der Waals surface area contributed by atoms with Gasteiger partial charge in [-0.05, 0) is 42.2 Å². The highest BCUT2D eigenvalue weighted by molar-refractivity contribution is 5.92. The van der Waals surface area contributed by atoms with Gasteiger partial charge in [0.2, 0.25) is 29.5 Å². The third-order valence-corrected chi connectivity index (χ3v) is 7.79. The Balaban J connectivity index is 2.13. The third kappa shape index (κ3) is 16.1. The molecule has 49 heavy (non-hydrogen) atoms. The first-order valence-corrected chi connectivity index (χ1v) is 16.9. The number of hydrogen-bond donors (Lipinski definition) is 8. The van der Waals surface area contributed by atoms with E-state index in [1.807, 2.05) is 88.4 Å². The maximum Gasteiger partial charge on any atom is 0.243 e. The average Bonchev–Trinajstić information content (AvgIpc) is 3.03. The zero-order chi connectivity index (χ0) is 36.3. The molecule has 5 amide bonds. The molecule has 0 bridgehead atoms. The zero-order valence-corrected chi connectivity index (χ0v) is 29.3. The molecule has 0 aromatic heterocycles. The molecule has 2 aromatic carbocycles. The second-order valence-electron chi connectivity index (χ2n) is 13.0. The molecule has 2 aromatic rings. The maximum absolute atomic E-state index is 13.7. The summed E-state index contributed by atoms with van der Waals surface area (Å²) in [6.45, 7) is 9.50. The van der Waals surface area contributed by atoms with E-state index >= 15 is 0 Å². The summed E-state index contributed by atoms with van der Waals surface area (Å²) in [5, 5.41) is 24.3. The summed E-state index contributed by atoms with van der Waals surface area (Å²) in [6.07, 6.45) is 1.42. The quantitative estimate of drug-likeness (QED) is 0.0588. The van der Waals surface area contributed by atoms with Gasteiger partial charge in [0.25, 0.3) is 0 Å². The Hall–Kier alpha value is -4.94. The summed E-state index contributed by atoms with van der Waals surface area (Å²) in [5.41, 5.74) is 7.07. The lowest BCUT2D eigenvalue weighted by atomic mass is 9.99. The topological polar surface area (TPSA) is 207 Å². The van der Waals surface area contributed by atoms with Gasteiger partial charge in [-0.3, -0.25) is 29.4 Å². The van der Waals surface area contributed by atoms with E-state index in [9.17, 15) is 24.0 Å². The Morgan fingerprint density at radius 3 is 1.86 bits per heavy atom. The highest BCUT2D eigenvalue weighted by atomic mass is 16.2. The molecule has 13 nitrogen and oxygen atoms in total. The summed E-state index contributed by atoms with van der Waals surface area (Å²) in [6, 6.07) is 15.4. The predicted octanol–water partition coefficient (Wildman–Crippen LogP) is 1.51. The Morgan fingerprint density at radius 1 is 0.714 bits per heavy atom. The molecular weight excluding hydrogens is 624 g/mol. The van der Waals surface area contributed by atoms with E-state index in [0.29, 0.717) is 25.8 Å². The second-order valence-corrected chi connectivity index (χ2v) is 13.0. The standard InChI is InChI=1S/C36H54N8O5/c1-23(2)19-29(43-34(48)28(17-12-18-39-36(37)38)42-32(46)21-27-15-10-7-11-16-27)35(49)44-31(24(3)4)22-40-33(47)30(41-25(5)45)20-26-13-8-6-9-14-26/h6-11,13-16,23-24,28-31H,12,17-22H2,1-5H3,(H,40,47)(H,41,45)(H,42,46)(H,43,48)(H,44,49)(H4,37,38,39)/t28-,29-,30?,31+/m0/s1. The number of hydrogen-bond acceptors (Lipinski definition) is 6. The normalized spacial score (nSPS) is 13.4. The molecule has 13 heteroatoms. The molecule has 0 fully saturated rings. The van der Waals surface area contributed by atoms with Crippen molar-refractivity contribution in [1.29, 1.82) is 5.41 Å². The second kappa shape index (κ2) is 21.1. The van der Waals surface area contributed by atoms with Crippen LogP contribution in [0.3, 0.4) is 0 Å². The van der Waals surface area contributed by atoms with Crippen LogP contribution in [0.1, 0.15) is 65.0 Å². The Labute approximate surface area is 289 Å². The highest BCUT2D eigenvalue weighted by Crippen LogP contribution is 2.10. The van der Waals surface area contributed by atoms with Crippen molar-refractivity contribution in [3.63, 3.8) is 0 Å². The van der Waals surface area contributed by atoms with Gasteiger partial charge in [-0.1, -0.05) is 88.4 Å². The number of amides is 5. The van der Waals surface area contributed by atoms with E-state index < -0.39 is 36.0 Å². The summed E-state index contributed by atoms with van der Waals surface area (Å²) in [7, 11) is 0. The van der Waals surface area contributed by atoms with Crippen LogP contribution in [-0.2, 0) is 36.8 Å². The van der Waals surface area contributed by atoms with Crippen molar-refractivity contribution >= 4 is 35.5 Å². The number of guanidine groups is 1. The zero-order valence-electron chi connectivity index (χ0n) is 29.3. The van der Waals surface area contributed by atoms with Gasteiger partial charge < -0.3 is 37.6 Å². The molecule has 1 unspecified atom stereocenters. The number of rotatable bonds is 20. The van der Waals surface area contributed by atoms with Crippen LogP contribution in [0.15, 0.2) is 60.7 Å². The smallest absolute Gasteiger partial charge is 0.243 e. The SMILES string of the molecule is CC(=O)NC(Cc1ccccc1)C(=O)NC[C@@H](NC(=O)[C@H](CC(C)C)NC(=O)[C@H](CCCNC(=N)N)NC(=O)Cc1ccccc1)C(C)C. The largest absolute Gasteiger partial charge is 0.370 e. The van der Waals surface area contributed by atoms with Crippen molar-refractivity contribution in [1.82, 2.24) is 31.9 Å². The number of nitrogens with two attached hydrogens (primary N) is 1. The number of benzene rings is 2. The van der Waals surface area contributed by atoms with Crippen LogP contribution in [0.5, 0.6) is 0 Å². The Morgan fingerprint density at radius 2 is 1.31 bits per heavy atom. The van der Waals surface area contributed by atoms with Crippen molar-refractivity contribution < 1.29 is 24.0 Å². The van der Waals surface area contributed by atoms with Crippen LogP contribution in [-0.4, -0.2) is 72.8 Å². The van der Waals surface area contributed by atoms with E-state index in [2.05, 4.69) is 31.9 Å². The first-order chi connectivity index (χ1) is 23.2. The summed E-state index contributed by atoms with van der Waals surface area (Å²) in [5.74, 6) is -2.18. The van der Waals surface area contributed by atoms with Crippen molar-refractivity contribution in [3.8, 4) is 0 Å². The molecule has 2 rings (SSSR count). The van der Waals surface area contributed by atoms with Gasteiger partial charge in [-0.25, -0.2) is 0 Å². The van der Waals surface area contributed by atoms with Crippen LogP contribution < -0.4 is 37.6 Å². The van der Waals surface area contributed by atoms with Gasteiger partial charge in [0.1, 0.15) is 18.1 Å². The molecule has 4 atom stereocenters. The van der Waals surface area contributed by atoms with Crippen molar-refractivity contribution in [2.45, 2.75) is 90.9 Å². The summed E-state index contributed by atoms with van der Waals surface area (Å²) >= 11 is 0. The molecule has 0 spiro atoms. The minimum atomic E-state index is -0.928. The van der Waals surface area contributed by atoms with Crippen LogP contribution in [0, 0.1) is 17.2 Å². The molecule has 0 aliphatic rings. The molecular formula is C36H54N8O5. The molecule has 0 heterocycles. The minimum Gasteiger partial charge on any atom is -0.370 e. The van der Waals surface area contributed by atoms with Crippen LogP contribution >= 0.6 is 0 Å². The van der Waals surface area contributed by atoms with Crippen molar-refractivity contribution in [3.05, 3.63) is 71.8 Å². The predicted molar refractivity (Wildman–Crippen MR) is 190 cm³/mol. The maximum atomic E-state index is 13.7. The van der Waals surface area contributed by atoms with Crippen LogP contribution in [0.4, 0.5) is 0 Å². The van der Waals surface area contributed by atoms with E-state index in [-0.39, 0.29) is 54.9 Å². The van der Waals surface area contributed by atoms with E-state index in [4.69, 9.17) is 11.1 Å². The van der Waals surface area contributed by atoms with Crippen molar-refractivity contribution in [2.75, 3.05) is 13.1 Å². The first-order valence-electron chi connectivity index (χ1n) is 16.9. The van der Waals surface area contributed by atoms with Gasteiger partial charge in [-0.2, -0.15) is 0 Å². The molecule has 0 aliphatic carbocycles. The van der Waals surface area contributed by atoms with E-state index in [1.54, 1.807) is 0 Å². The van der Waals surface area contributed by atoms with Crippen LogP contribution in [0.2, 0.25) is 0 Å². The molecule has 0 radical (unpaired) electrons. The number of nitrogens with one attached hydrogen (secondary N) is 7. The molecule has 268 valence electrons. The number of carbonyl (C=O) groups excluding carboxylic acids is 5. The fourth-order valence-corrected chi connectivity index (χ4v) is 5.17. The van der Waals surface area contributed by atoms with Crippen LogP contribution in [0.25, 0.3) is 0 Å². The molecule has 9 N–H and O–H groups in total. The Kier molecular flexibility index (Phi) is 17.3. The van der Waals surface area contributed by atoms with Gasteiger partial charge >= 0.3 is 0 Å². The van der Waals surface area contributed by atoms with E-state index in [0.717, 1.165) is 11.1 Å². The summed E-state index contributed by atoms with van der Waals surface area (Å²) < 4.78 is 0. The third-order valence-electron chi connectivity index (χ3n) is 7.79. The molecule has 0 aliphatic heterocycles.